The average molecular weight is 473 g/mol. The highest BCUT2D eigenvalue weighted by atomic mass is 35.5. The van der Waals surface area contributed by atoms with Crippen molar-refractivity contribution in [2.24, 2.45) is 0 Å². The fourth-order valence-electron chi connectivity index (χ4n) is 3.29. The molecule has 0 unspecified atom stereocenters. The number of rotatable bonds is 8. The molecule has 0 bridgehead atoms. The second-order valence-corrected chi connectivity index (χ2v) is 9.56. The summed E-state index contributed by atoms with van der Waals surface area (Å²) in [4.78, 5) is 13.0. The quantitative estimate of drug-likeness (QED) is 0.514. The molecule has 0 saturated carbocycles. The summed E-state index contributed by atoms with van der Waals surface area (Å²) in [7, 11) is -2.44. The first-order chi connectivity index (χ1) is 15.2. The fourth-order valence-corrected chi connectivity index (χ4v) is 4.90. The van der Waals surface area contributed by atoms with Crippen molar-refractivity contribution in [2.45, 2.75) is 24.8 Å². The van der Waals surface area contributed by atoms with E-state index in [9.17, 15) is 13.2 Å². The lowest BCUT2D eigenvalue weighted by Crippen LogP contribution is -2.41. The van der Waals surface area contributed by atoms with Gasteiger partial charge < -0.3 is 10.1 Å². The lowest BCUT2D eigenvalue weighted by Gasteiger charge is -2.26. The normalized spacial score (nSPS) is 12.1. The van der Waals surface area contributed by atoms with E-state index in [1.54, 1.807) is 49.6 Å². The molecule has 0 aliphatic heterocycles. The first kappa shape index (κ1) is 23.6. The van der Waals surface area contributed by atoms with Gasteiger partial charge in [0.1, 0.15) is 12.3 Å². The molecule has 3 rings (SSSR count). The molecule has 1 amide bonds. The van der Waals surface area contributed by atoms with E-state index < -0.39 is 22.5 Å². The van der Waals surface area contributed by atoms with Gasteiger partial charge in [0.2, 0.25) is 5.91 Å². The van der Waals surface area contributed by atoms with Crippen LogP contribution in [0, 0.1) is 6.92 Å². The average Bonchev–Trinajstić information content (AvgIpc) is 2.79. The summed E-state index contributed by atoms with van der Waals surface area (Å²) in [6, 6.07) is 19.9. The molecular formula is C24H25ClN2O4S. The lowest BCUT2D eigenvalue weighted by atomic mass is 10.1. The number of para-hydroxylation sites is 1. The number of aryl methyl sites for hydroxylation is 1. The Morgan fingerprint density at radius 2 is 1.72 bits per heavy atom. The number of carbonyl (C=O) groups is 1. The molecule has 32 heavy (non-hydrogen) atoms. The summed E-state index contributed by atoms with van der Waals surface area (Å²) in [5.74, 6) is 0.180. The van der Waals surface area contributed by atoms with Gasteiger partial charge in [-0.25, -0.2) is 8.42 Å². The summed E-state index contributed by atoms with van der Waals surface area (Å²) in [5, 5.41) is 3.28. The number of sulfonamides is 1. The molecule has 0 saturated heterocycles. The third-order valence-corrected chi connectivity index (χ3v) is 7.24. The number of halogens is 1. The minimum absolute atomic E-state index is 0.0854. The monoisotopic (exact) mass is 472 g/mol. The zero-order valence-electron chi connectivity index (χ0n) is 18.1. The van der Waals surface area contributed by atoms with E-state index in [1.165, 1.54) is 12.1 Å². The molecule has 0 aliphatic carbocycles. The maximum Gasteiger partial charge on any atom is 0.264 e. The van der Waals surface area contributed by atoms with Crippen LogP contribution in [0.15, 0.2) is 77.7 Å². The van der Waals surface area contributed by atoms with Crippen molar-refractivity contribution in [1.29, 1.82) is 0 Å². The number of nitrogens with zero attached hydrogens (tertiary/aromatic N) is 1. The number of carbonyl (C=O) groups excluding carboxylic acids is 1. The number of ether oxygens (including phenoxy) is 1. The van der Waals surface area contributed by atoms with E-state index >= 15 is 0 Å². The van der Waals surface area contributed by atoms with Crippen molar-refractivity contribution in [1.82, 2.24) is 5.32 Å². The Morgan fingerprint density at radius 1 is 1.06 bits per heavy atom. The first-order valence-corrected chi connectivity index (χ1v) is 11.8. The van der Waals surface area contributed by atoms with Crippen LogP contribution < -0.4 is 14.4 Å². The number of hydrogen-bond donors (Lipinski definition) is 1. The predicted octanol–water partition coefficient (Wildman–Crippen LogP) is 4.73. The van der Waals surface area contributed by atoms with Crippen LogP contribution in [0.4, 0.5) is 5.69 Å². The van der Waals surface area contributed by atoms with Crippen molar-refractivity contribution in [3.05, 3.63) is 88.9 Å². The highest BCUT2D eigenvalue weighted by Crippen LogP contribution is 2.28. The third kappa shape index (κ3) is 5.23. The Balaban J connectivity index is 1.92. The van der Waals surface area contributed by atoms with Gasteiger partial charge in [-0.1, -0.05) is 54.1 Å². The van der Waals surface area contributed by atoms with Gasteiger partial charge in [-0.15, -0.1) is 0 Å². The van der Waals surface area contributed by atoms with Gasteiger partial charge in [-0.2, -0.15) is 0 Å². The molecular weight excluding hydrogens is 448 g/mol. The van der Waals surface area contributed by atoms with Crippen LogP contribution in [0.25, 0.3) is 0 Å². The summed E-state index contributed by atoms with van der Waals surface area (Å²) in [5.41, 5.74) is 1.91. The second kappa shape index (κ2) is 10.1. The van der Waals surface area contributed by atoms with Crippen LogP contribution in [0.5, 0.6) is 5.75 Å². The van der Waals surface area contributed by atoms with Gasteiger partial charge in [0.15, 0.2) is 0 Å². The third-order valence-electron chi connectivity index (χ3n) is 5.04. The Hall–Kier alpha value is -3.03. The molecule has 0 spiro atoms. The number of anilines is 1. The smallest absolute Gasteiger partial charge is 0.264 e. The minimum Gasteiger partial charge on any atom is -0.496 e. The molecule has 0 heterocycles. The number of hydrogen-bond acceptors (Lipinski definition) is 4. The molecule has 1 atom stereocenters. The maximum atomic E-state index is 13.4. The Kier molecular flexibility index (Phi) is 7.43. The Bertz CT molecular complexity index is 1200. The largest absolute Gasteiger partial charge is 0.496 e. The molecule has 0 aromatic heterocycles. The zero-order chi connectivity index (χ0) is 23.3. The molecule has 8 heteroatoms. The van der Waals surface area contributed by atoms with Crippen LogP contribution in [0.2, 0.25) is 5.02 Å². The van der Waals surface area contributed by atoms with Crippen molar-refractivity contribution in [2.75, 3.05) is 18.0 Å². The van der Waals surface area contributed by atoms with Crippen molar-refractivity contribution >= 4 is 33.2 Å². The van der Waals surface area contributed by atoms with Crippen LogP contribution in [-0.2, 0) is 14.8 Å². The number of nitrogens with one attached hydrogen (secondary N) is 1. The van der Waals surface area contributed by atoms with Gasteiger partial charge in [-0.3, -0.25) is 9.10 Å². The lowest BCUT2D eigenvalue weighted by molar-refractivity contribution is -0.120. The van der Waals surface area contributed by atoms with Crippen LogP contribution in [0.3, 0.4) is 0 Å². The van der Waals surface area contributed by atoms with E-state index in [1.807, 2.05) is 32.0 Å². The summed E-state index contributed by atoms with van der Waals surface area (Å²) in [6.07, 6.45) is 0. The minimum atomic E-state index is -4.00. The highest BCUT2D eigenvalue weighted by molar-refractivity contribution is 7.92. The van der Waals surface area contributed by atoms with Gasteiger partial charge in [0.05, 0.1) is 23.7 Å². The number of benzene rings is 3. The van der Waals surface area contributed by atoms with Crippen LogP contribution >= 0.6 is 11.6 Å². The summed E-state index contributed by atoms with van der Waals surface area (Å²) < 4.78 is 33.2. The molecule has 168 valence electrons. The van der Waals surface area contributed by atoms with Gasteiger partial charge in [0, 0.05) is 10.6 Å². The van der Waals surface area contributed by atoms with Crippen molar-refractivity contribution in [3.8, 4) is 5.75 Å². The van der Waals surface area contributed by atoms with Crippen LogP contribution in [0.1, 0.15) is 24.1 Å². The highest BCUT2D eigenvalue weighted by Gasteiger charge is 2.28. The van der Waals surface area contributed by atoms with Gasteiger partial charge in [-0.05, 0) is 49.7 Å². The topological polar surface area (TPSA) is 75.7 Å². The summed E-state index contributed by atoms with van der Waals surface area (Å²) >= 11 is 6.25. The number of methoxy groups -OCH3 is 1. The van der Waals surface area contributed by atoms with E-state index in [0.29, 0.717) is 16.5 Å². The van der Waals surface area contributed by atoms with Gasteiger partial charge >= 0.3 is 0 Å². The number of amides is 1. The molecule has 0 fully saturated rings. The van der Waals surface area contributed by atoms with Crippen LogP contribution in [-0.4, -0.2) is 28.0 Å². The van der Waals surface area contributed by atoms with Gasteiger partial charge in [0.25, 0.3) is 10.0 Å². The molecule has 3 aromatic rings. The standard InChI is InChI=1S/C24H25ClN2O4S/c1-17-13-14-19(15-22(17)25)27(32(29,30)20-9-5-4-6-10-20)16-24(28)26-18(2)21-11-7-8-12-23(21)31-3/h4-15,18H,16H2,1-3H3,(H,26,28)/t18-/m1/s1. The van der Waals surface area contributed by atoms with Crippen molar-refractivity contribution in [3.63, 3.8) is 0 Å². The molecule has 1 N–H and O–H groups in total. The Morgan fingerprint density at radius 3 is 2.38 bits per heavy atom. The summed E-state index contributed by atoms with van der Waals surface area (Å²) in [6.45, 7) is 3.23. The molecule has 6 nitrogen and oxygen atoms in total. The SMILES string of the molecule is COc1ccccc1[C@@H](C)NC(=O)CN(c1ccc(C)c(Cl)c1)S(=O)(=O)c1ccccc1. The zero-order valence-corrected chi connectivity index (χ0v) is 19.7. The van der Waals surface area contributed by atoms with E-state index in [4.69, 9.17) is 16.3 Å². The van der Waals surface area contributed by atoms with Crippen molar-refractivity contribution < 1.29 is 17.9 Å². The first-order valence-electron chi connectivity index (χ1n) is 10.00. The molecule has 3 aromatic carbocycles. The van der Waals surface area contributed by atoms with E-state index in [2.05, 4.69) is 5.32 Å². The van der Waals surface area contributed by atoms with E-state index in [0.717, 1.165) is 15.4 Å². The molecule has 0 aliphatic rings. The Labute approximate surface area is 193 Å². The maximum absolute atomic E-state index is 13.4. The van der Waals surface area contributed by atoms with E-state index in [-0.39, 0.29) is 10.9 Å². The second-order valence-electron chi connectivity index (χ2n) is 7.29. The fraction of sp³-hybridized carbons (Fsp3) is 0.208. The predicted molar refractivity (Wildman–Crippen MR) is 127 cm³/mol. The molecule has 0 radical (unpaired) electrons.